The third kappa shape index (κ3) is 4.17. The second kappa shape index (κ2) is 10.1. The van der Waals surface area contributed by atoms with Crippen molar-refractivity contribution in [3.05, 3.63) is 86.0 Å². The second-order valence-corrected chi connectivity index (χ2v) is 11.5. The minimum absolute atomic E-state index is 0.156. The monoisotopic (exact) mass is 572 g/mol. The molecule has 1 saturated heterocycles. The number of hydrogen-bond donors (Lipinski definition) is 0. The molecule has 1 aliphatic rings. The summed E-state index contributed by atoms with van der Waals surface area (Å²) in [5, 5.41) is 0. The molecule has 1 amide bonds. The van der Waals surface area contributed by atoms with Crippen molar-refractivity contribution in [1.82, 2.24) is 28.6 Å². The molecule has 0 bridgehead atoms. The van der Waals surface area contributed by atoms with Gasteiger partial charge in [-0.25, -0.2) is 9.97 Å². The first-order valence-corrected chi connectivity index (χ1v) is 14.5. The van der Waals surface area contributed by atoms with E-state index in [0.717, 1.165) is 17.1 Å². The minimum atomic E-state index is -0.163. The zero-order chi connectivity index (χ0) is 27.3. The van der Waals surface area contributed by atoms with Crippen molar-refractivity contribution in [2.75, 3.05) is 6.54 Å². The number of hydrogen-bond acceptors (Lipinski definition) is 7. The first kappa shape index (κ1) is 25.5. The Morgan fingerprint density at radius 3 is 2.26 bits per heavy atom. The summed E-state index contributed by atoms with van der Waals surface area (Å²) in [4.78, 5) is 38.5. The van der Waals surface area contributed by atoms with E-state index in [1.54, 1.807) is 15.5 Å². The molecule has 0 saturated carbocycles. The van der Waals surface area contributed by atoms with Gasteiger partial charge in [0.1, 0.15) is 25.5 Å². The number of thiocarbonyl (C=S) groups is 1. The molecule has 0 unspecified atom stereocenters. The number of para-hydroxylation sites is 1. The van der Waals surface area contributed by atoms with Gasteiger partial charge in [-0.2, -0.15) is 0 Å². The standard InChI is InChI=1S/C28H24N6O2S3/c1-4-32-25(35)19(38-27(32)21-26(36)33(5-2)28(37)39-21)16-20-29-23-24(34(20)18-14-10-7-11-15-18)30-22(31(23)3)17-12-8-6-9-13-17/h6-16H,4-5H2,1-3H3/b19-16+,27-21+. The summed E-state index contributed by atoms with van der Waals surface area (Å²) in [5.41, 5.74) is 3.12. The summed E-state index contributed by atoms with van der Waals surface area (Å²) >= 11 is 7.95. The summed E-state index contributed by atoms with van der Waals surface area (Å²) in [6, 6.07) is 19.8. The SMILES string of the molecule is CCN1C(=O)/C(=c2\s/c(=C/c3nc4c(nc(-c5ccccc5)n4C)n3-c3ccccc3)c(=O)n2CC)SC1=S. The van der Waals surface area contributed by atoms with Crippen LogP contribution in [0.1, 0.15) is 19.7 Å². The van der Waals surface area contributed by atoms with E-state index >= 15 is 0 Å². The lowest BCUT2D eigenvalue weighted by molar-refractivity contribution is -0.120. The number of thiazole rings is 1. The molecule has 0 N–H and O–H groups in total. The first-order valence-electron chi connectivity index (χ1n) is 12.5. The Morgan fingerprint density at radius 1 is 0.923 bits per heavy atom. The van der Waals surface area contributed by atoms with Gasteiger partial charge < -0.3 is 4.57 Å². The van der Waals surface area contributed by atoms with Gasteiger partial charge >= 0.3 is 0 Å². The highest BCUT2D eigenvalue weighted by Gasteiger charge is 2.33. The van der Waals surface area contributed by atoms with Crippen LogP contribution in [0.2, 0.25) is 0 Å². The zero-order valence-electron chi connectivity index (χ0n) is 21.5. The maximum absolute atomic E-state index is 13.5. The van der Waals surface area contributed by atoms with E-state index < -0.39 is 0 Å². The lowest BCUT2D eigenvalue weighted by Crippen LogP contribution is -2.33. The number of benzene rings is 2. The largest absolute Gasteiger partial charge is 0.310 e. The van der Waals surface area contributed by atoms with Crippen molar-refractivity contribution in [2.24, 2.45) is 7.05 Å². The number of imidazole rings is 2. The van der Waals surface area contributed by atoms with E-state index in [9.17, 15) is 9.59 Å². The fourth-order valence-electron chi connectivity index (χ4n) is 4.68. The number of aromatic nitrogens is 5. The first-order chi connectivity index (χ1) is 18.9. The zero-order valence-corrected chi connectivity index (χ0v) is 23.9. The summed E-state index contributed by atoms with van der Waals surface area (Å²) < 4.78 is 7.19. The van der Waals surface area contributed by atoms with Crippen LogP contribution in [-0.2, 0) is 18.4 Å². The number of rotatable bonds is 5. The average Bonchev–Trinajstić information content (AvgIpc) is 3.65. The third-order valence-electron chi connectivity index (χ3n) is 6.60. The smallest absolute Gasteiger partial charge is 0.269 e. The maximum Gasteiger partial charge on any atom is 0.269 e. The van der Waals surface area contributed by atoms with Gasteiger partial charge in [0.25, 0.3) is 11.5 Å². The predicted octanol–water partition coefficient (Wildman–Crippen LogP) is 3.49. The van der Waals surface area contributed by atoms with Crippen molar-refractivity contribution in [2.45, 2.75) is 20.4 Å². The quantitative estimate of drug-likeness (QED) is 0.300. The number of nitrogens with zero attached hydrogens (tertiary/aromatic N) is 6. The lowest BCUT2D eigenvalue weighted by Gasteiger charge is -2.09. The van der Waals surface area contributed by atoms with Crippen molar-refractivity contribution in [3.63, 3.8) is 0 Å². The van der Waals surface area contributed by atoms with E-state index in [4.69, 9.17) is 22.2 Å². The van der Waals surface area contributed by atoms with Gasteiger partial charge in [0.15, 0.2) is 11.3 Å². The van der Waals surface area contributed by atoms with Gasteiger partial charge in [-0.05, 0) is 26.0 Å². The lowest BCUT2D eigenvalue weighted by atomic mass is 10.2. The molecule has 2 aromatic carbocycles. The summed E-state index contributed by atoms with van der Waals surface area (Å²) in [6.07, 6.45) is 1.79. The molecular weight excluding hydrogens is 549 g/mol. The Labute approximate surface area is 237 Å². The molecule has 5 aromatic rings. The predicted molar refractivity (Wildman–Crippen MR) is 161 cm³/mol. The van der Waals surface area contributed by atoms with E-state index in [1.165, 1.54) is 23.1 Å². The van der Waals surface area contributed by atoms with Crippen LogP contribution >= 0.6 is 35.3 Å². The normalized spacial score (nSPS) is 15.8. The molecule has 11 heteroatoms. The molecule has 39 heavy (non-hydrogen) atoms. The van der Waals surface area contributed by atoms with Crippen molar-refractivity contribution in [1.29, 1.82) is 0 Å². The van der Waals surface area contributed by atoms with Crippen LogP contribution in [0.5, 0.6) is 0 Å². The summed E-state index contributed by atoms with van der Waals surface area (Å²) in [6.45, 7) is 4.72. The average molecular weight is 573 g/mol. The molecule has 0 spiro atoms. The molecular formula is C28H24N6O2S3. The van der Waals surface area contributed by atoms with Crippen LogP contribution in [0.25, 0.3) is 39.4 Å². The maximum atomic E-state index is 13.5. The van der Waals surface area contributed by atoms with Crippen LogP contribution in [0.3, 0.4) is 0 Å². The molecule has 0 radical (unpaired) electrons. The van der Waals surface area contributed by atoms with Gasteiger partial charge in [-0.1, -0.05) is 72.5 Å². The van der Waals surface area contributed by atoms with E-state index in [2.05, 4.69) is 0 Å². The van der Waals surface area contributed by atoms with Crippen LogP contribution in [0.4, 0.5) is 0 Å². The fraction of sp³-hybridized carbons (Fsp3) is 0.179. The Bertz CT molecular complexity index is 1930. The third-order valence-corrected chi connectivity index (χ3v) is 9.30. The summed E-state index contributed by atoms with van der Waals surface area (Å²) in [7, 11) is 1.94. The Kier molecular flexibility index (Phi) is 6.57. The van der Waals surface area contributed by atoms with Crippen molar-refractivity contribution in [3.8, 4) is 17.1 Å². The highest BCUT2D eigenvalue weighted by molar-refractivity contribution is 8.30. The van der Waals surface area contributed by atoms with Crippen LogP contribution in [0.15, 0.2) is 65.5 Å². The molecule has 0 aliphatic carbocycles. The number of carbonyl (C=O) groups is 1. The second-order valence-electron chi connectivity index (χ2n) is 8.86. The van der Waals surface area contributed by atoms with Crippen LogP contribution in [0, 0.1) is 0 Å². The molecule has 196 valence electrons. The minimum Gasteiger partial charge on any atom is -0.310 e. The Hall–Kier alpha value is -3.80. The number of fused-ring (bicyclic) bond motifs is 1. The molecule has 1 fully saturated rings. The molecule has 8 nitrogen and oxygen atoms in total. The highest BCUT2D eigenvalue weighted by Crippen LogP contribution is 2.31. The number of aryl methyl sites for hydroxylation is 1. The molecule has 3 aromatic heterocycles. The van der Waals surface area contributed by atoms with E-state index in [0.29, 0.717) is 48.6 Å². The summed E-state index contributed by atoms with van der Waals surface area (Å²) in [5.74, 6) is 1.24. The molecule has 4 heterocycles. The van der Waals surface area contributed by atoms with Crippen LogP contribution in [-0.4, -0.2) is 45.3 Å². The topological polar surface area (TPSA) is 78.0 Å². The van der Waals surface area contributed by atoms with Crippen LogP contribution < -0.4 is 14.8 Å². The number of amides is 1. The van der Waals surface area contributed by atoms with E-state index in [1.807, 2.05) is 90.7 Å². The van der Waals surface area contributed by atoms with Gasteiger partial charge in [-0.15, -0.1) is 11.3 Å². The number of carbonyl (C=O) groups excluding carboxylic acids is 1. The number of thioether (sulfide) groups is 1. The van der Waals surface area contributed by atoms with Gasteiger partial charge in [-0.3, -0.25) is 23.6 Å². The Morgan fingerprint density at radius 2 is 1.62 bits per heavy atom. The molecule has 1 aliphatic heterocycles. The Balaban J connectivity index is 1.61. The van der Waals surface area contributed by atoms with Crippen molar-refractivity contribution >= 4 is 67.8 Å². The molecule has 6 rings (SSSR count). The van der Waals surface area contributed by atoms with Gasteiger partial charge in [0, 0.05) is 37.5 Å². The van der Waals surface area contributed by atoms with E-state index in [-0.39, 0.29) is 11.5 Å². The fourth-order valence-corrected chi connectivity index (χ4v) is 7.36. The van der Waals surface area contributed by atoms with Crippen molar-refractivity contribution < 1.29 is 4.79 Å². The van der Waals surface area contributed by atoms with Gasteiger partial charge in [0.2, 0.25) is 0 Å². The molecule has 0 atom stereocenters. The highest BCUT2D eigenvalue weighted by atomic mass is 32.2. The van der Waals surface area contributed by atoms with Gasteiger partial charge in [0.05, 0.1) is 4.53 Å².